The van der Waals surface area contributed by atoms with Crippen molar-refractivity contribution in [2.24, 2.45) is 5.73 Å². The first kappa shape index (κ1) is 9.70. The smallest absolute Gasteiger partial charge is 0.325 e. The number of benzene rings is 1. The minimum Gasteiger partial charge on any atom is -0.480 e. The van der Waals surface area contributed by atoms with E-state index in [0.717, 1.165) is 0 Å². The molecule has 0 saturated heterocycles. The zero-order valence-corrected chi connectivity index (χ0v) is 6.97. The van der Waals surface area contributed by atoms with Gasteiger partial charge in [-0.05, 0) is 11.1 Å². The van der Waals surface area contributed by atoms with Crippen LogP contribution in [0.1, 0.15) is 17.2 Å². The third kappa shape index (κ3) is 2.05. The van der Waals surface area contributed by atoms with Gasteiger partial charge in [-0.3, -0.25) is 4.79 Å². The Morgan fingerprint density at radius 2 is 2.08 bits per heavy atom. The van der Waals surface area contributed by atoms with Crippen molar-refractivity contribution < 1.29 is 15.0 Å². The molecule has 0 unspecified atom stereocenters. The van der Waals surface area contributed by atoms with Crippen LogP contribution in [-0.2, 0) is 11.4 Å². The van der Waals surface area contributed by atoms with Gasteiger partial charge < -0.3 is 15.9 Å². The van der Waals surface area contributed by atoms with Gasteiger partial charge in [-0.1, -0.05) is 24.3 Å². The summed E-state index contributed by atoms with van der Waals surface area (Å²) in [7, 11) is 0. The van der Waals surface area contributed by atoms with Crippen molar-refractivity contribution in [3.63, 3.8) is 0 Å². The second kappa shape index (κ2) is 4.02. The maximum absolute atomic E-state index is 10.6. The van der Waals surface area contributed by atoms with Crippen LogP contribution in [0.15, 0.2) is 24.3 Å². The topological polar surface area (TPSA) is 83.6 Å². The van der Waals surface area contributed by atoms with E-state index in [9.17, 15) is 4.79 Å². The Kier molecular flexibility index (Phi) is 3.00. The Morgan fingerprint density at radius 1 is 1.46 bits per heavy atom. The number of nitrogens with two attached hydrogens (primary N) is 1. The highest BCUT2D eigenvalue weighted by Gasteiger charge is 2.16. The molecular weight excluding hydrogens is 170 g/mol. The first-order chi connectivity index (χ1) is 6.16. The fraction of sp³-hybridized carbons (Fsp3) is 0.222. The van der Waals surface area contributed by atoms with Crippen LogP contribution in [0.5, 0.6) is 0 Å². The van der Waals surface area contributed by atoms with Crippen LogP contribution in [0.25, 0.3) is 0 Å². The fourth-order valence-corrected chi connectivity index (χ4v) is 1.11. The highest BCUT2D eigenvalue weighted by molar-refractivity contribution is 5.75. The van der Waals surface area contributed by atoms with E-state index in [0.29, 0.717) is 11.1 Å². The molecule has 0 aromatic heterocycles. The Balaban J connectivity index is 3.05. The van der Waals surface area contributed by atoms with Gasteiger partial charge in [-0.2, -0.15) is 0 Å². The third-order valence-electron chi connectivity index (χ3n) is 1.83. The molecule has 0 spiro atoms. The zero-order chi connectivity index (χ0) is 9.84. The number of rotatable bonds is 3. The molecule has 1 atom stereocenters. The van der Waals surface area contributed by atoms with Crippen LogP contribution in [0.3, 0.4) is 0 Å². The molecule has 0 aliphatic heterocycles. The molecular formula is C9H11NO3. The van der Waals surface area contributed by atoms with Gasteiger partial charge in [0.05, 0.1) is 6.61 Å². The van der Waals surface area contributed by atoms with E-state index < -0.39 is 12.0 Å². The van der Waals surface area contributed by atoms with Crippen LogP contribution in [0.2, 0.25) is 0 Å². The average Bonchev–Trinajstić information content (AvgIpc) is 2.16. The van der Waals surface area contributed by atoms with Gasteiger partial charge in [0.15, 0.2) is 0 Å². The summed E-state index contributed by atoms with van der Waals surface area (Å²) in [4.78, 5) is 10.6. The molecule has 0 radical (unpaired) electrons. The lowest BCUT2D eigenvalue weighted by Crippen LogP contribution is -2.22. The minimum absolute atomic E-state index is 0.197. The van der Waals surface area contributed by atoms with E-state index in [1.54, 1.807) is 24.3 Å². The van der Waals surface area contributed by atoms with E-state index in [1.165, 1.54) is 0 Å². The lowest BCUT2D eigenvalue weighted by Gasteiger charge is -2.10. The molecule has 13 heavy (non-hydrogen) atoms. The lowest BCUT2D eigenvalue weighted by atomic mass is 10.0. The molecule has 1 aromatic rings. The Morgan fingerprint density at radius 3 is 2.62 bits per heavy atom. The number of carboxylic acids is 1. The SMILES string of the molecule is N[C@H](C(=O)O)c1ccccc1CO. The fourth-order valence-electron chi connectivity index (χ4n) is 1.11. The molecule has 70 valence electrons. The Bertz CT molecular complexity index is 311. The van der Waals surface area contributed by atoms with Crippen molar-refractivity contribution in [2.75, 3.05) is 0 Å². The number of carbonyl (C=O) groups is 1. The minimum atomic E-state index is -1.10. The largest absolute Gasteiger partial charge is 0.480 e. The molecule has 0 aliphatic carbocycles. The predicted molar refractivity (Wildman–Crippen MR) is 46.9 cm³/mol. The molecule has 1 aromatic carbocycles. The first-order valence-electron chi connectivity index (χ1n) is 3.84. The van der Waals surface area contributed by atoms with Crippen LogP contribution in [0.4, 0.5) is 0 Å². The van der Waals surface area contributed by atoms with Crippen molar-refractivity contribution in [1.82, 2.24) is 0 Å². The van der Waals surface area contributed by atoms with Crippen molar-refractivity contribution in [3.05, 3.63) is 35.4 Å². The van der Waals surface area contributed by atoms with Crippen LogP contribution in [-0.4, -0.2) is 16.2 Å². The predicted octanol–water partition coefficient (Wildman–Crippen LogP) is 0.263. The third-order valence-corrected chi connectivity index (χ3v) is 1.83. The summed E-state index contributed by atoms with van der Waals surface area (Å²) < 4.78 is 0. The van der Waals surface area contributed by atoms with Gasteiger partial charge in [-0.15, -0.1) is 0 Å². The second-order valence-corrected chi connectivity index (χ2v) is 2.67. The highest BCUT2D eigenvalue weighted by atomic mass is 16.4. The normalized spacial score (nSPS) is 12.5. The summed E-state index contributed by atoms with van der Waals surface area (Å²) in [6.45, 7) is -0.197. The summed E-state index contributed by atoms with van der Waals surface area (Å²) in [6.07, 6.45) is 0. The van der Waals surface area contributed by atoms with E-state index in [4.69, 9.17) is 15.9 Å². The quantitative estimate of drug-likeness (QED) is 0.624. The van der Waals surface area contributed by atoms with Crippen LogP contribution in [0, 0.1) is 0 Å². The first-order valence-corrected chi connectivity index (χ1v) is 3.84. The standard InChI is InChI=1S/C9H11NO3/c10-8(9(12)13)7-4-2-1-3-6(7)5-11/h1-4,8,11H,5,10H2,(H,12,13)/t8-/m0/s1. The highest BCUT2D eigenvalue weighted by Crippen LogP contribution is 2.15. The number of hydrogen-bond acceptors (Lipinski definition) is 3. The molecule has 0 heterocycles. The van der Waals surface area contributed by atoms with Crippen LogP contribution >= 0.6 is 0 Å². The second-order valence-electron chi connectivity index (χ2n) is 2.67. The molecule has 0 aliphatic rings. The van der Waals surface area contributed by atoms with Crippen molar-refractivity contribution in [2.45, 2.75) is 12.6 Å². The molecule has 4 N–H and O–H groups in total. The van der Waals surface area contributed by atoms with E-state index in [2.05, 4.69) is 0 Å². The number of carboxylic acid groups (broad SMARTS) is 1. The molecule has 0 saturated carbocycles. The Hall–Kier alpha value is -1.39. The molecule has 0 fully saturated rings. The number of aliphatic hydroxyl groups excluding tert-OH is 1. The molecule has 4 nitrogen and oxygen atoms in total. The van der Waals surface area contributed by atoms with Crippen LogP contribution < -0.4 is 5.73 Å². The summed E-state index contributed by atoms with van der Waals surface area (Å²) >= 11 is 0. The van der Waals surface area contributed by atoms with Gasteiger partial charge in [0.2, 0.25) is 0 Å². The lowest BCUT2D eigenvalue weighted by molar-refractivity contribution is -0.138. The summed E-state index contributed by atoms with van der Waals surface area (Å²) in [5.41, 5.74) is 6.41. The zero-order valence-electron chi connectivity index (χ0n) is 6.97. The van der Waals surface area contributed by atoms with Gasteiger partial charge in [0.25, 0.3) is 0 Å². The molecule has 0 amide bonds. The average molecular weight is 181 g/mol. The van der Waals surface area contributed by atoms with Crippen molar-refractivity contribution in [1.29, 1.82) is 0 Å². The van der Waals surface area contributed by atoms with Crippen molar-refractivity contribution >= 4 is 5.97 Å². The number of hydrogen-bond donors (Lipinski definition) is 3. The summed E-state index contributed by atoms with van der Waals surface area (Å²) in [5, 5.41) is 17.5. The number of aliphatic hydroxyl groups is 1. The monoisotopic (exact) mass is 181 g/mol. The number of aliphatic carboxylic acids is 1. The van der Waals surface area contributed by atoms with E-state index in [-0.39, 0.29) is 6.61 Å². The maximum Gasteiger partial charge on any atom is 0.325 e. The van der Waals surface area contributed by atoms with Gasteiger partial charge >= 0.3 is 5.97 Å². The maximum atomic E-state index is 10.6. The molecule has 0 bridgehead atoms. The van der Waals surface area contributed by atoms with Crippen molar-refractivity contribution in [3.8, 4) is 0 Å². The molecule has 4 heteroatoms. The van der Waals surface area contributed by atoms with E-state index >= 15 is 0 Å². The summed E-state index contributed by atoms with van der Waals surface area (Å²) in [6, 6.07) is 5.60. The Labute approximate surface area is 75.6 Å². The molecule has 1 rings (SSSR count). The van der Waals surface area contributed by atoms with Gasteiger partial charge in [0, 0.05) is 0 Å². The summed E-state index contributed by atoms with van der Waals surface area (Å²) in [5.74, 6) is -1.10. The van der Waals surface area contributed by atoms with Gasteiger partial charge in [-0.25, -0.2) is 0 Å². The van der Waals surface area contributed by atoms with E-state index in [1.807, 2.05) is 0 Å². The van der Waals surface area contributed by atoms with Gasteiger partial charge in [0.1, 0.15) is 6.04 Å².